The molecule has 160 valence electrons. The Balaban J connectivity index is 1.36. The van der Waals surface area contributed by atoms with E-state index in [4.69, 9.17) is 0 Å². The predicted octanol–water partition coefficient (Wildman–Crippen LogP) is 6.75. The van der Waals surface area contributed by atoms with Crippen molar-refractivity contribution < 1.29 is 4.39 Å². The summed E-state index contributed by atoms with van der Waals surface area (Å²) < 4.78 is 15.3. The van der Waals surface area contributed by atoms with E-state index in [1.165, 1.54) is 6.07 Å². The summed E-state index contributed by atoms with van der Waals surface area (Å²) in [6.45, 7) is 4.72. The largest absolute Gasteiger partial charge is 0.368 e. The number of aryl methyl sites for hydroxylation is 2. The van der Waals surface area contributed by atoms with E-state index in [-0.39, 0.29) is 5.82 Å². The molecule has 0 amide bonds. The Bertz CT molecular complexity index is 1430. The third-order valence-electron chi connectivity index (χ3n) is 5.67. The number of nitrogens with zero attached hydrogens (tertiary/aromatic N) is 2. The summed E-state index contributed by atoms with van der Waals surface area (Å²) in [6, 6.07) is 15.7. The lowest BCUT2D eigenvalue weighted by Gasteiger charge is -2.07. The van der Waals surface area contributed by atoms with Gasteiger partial charge < -0.3 is 10.3 Å². The Morgan fingerprint density at radius 3 is 2.75 bits per heavy atom. The molecule has 4 nitrogen and oxygen atoms in total. The summed E-state index contributed by atoms with van der Waals surface area (Å²) in [7, 11) is 0. The minimum absolute atomic E-state index is 0.208. The Kier molecular flexibility index (Phi) is 5.45. The van der Waals surface area contributed by atoms with Gasteiger partial charge in [0, 0.05) is 22.5 Å². The first kappa shape index (κ1) is 20.4. The predicted molar refractivity (Wildman–Crippen MR) is 133 cm³/mol. The molecule has 3 aromatic heterocycles. The molecule has 2 aromatic carbocycles. The monoisotopic (exact) mass is 442 g/mol. The summed E-state index contributed by atoms with van der Waals surface area (Å²) in [4.78, 5) is 13.2. The molecule has 0 unspecified atom stereocenters. The van der Waals surface area contributed by atoms with Crippen LogP contribution in [0, 0.1) is 19.7 Å². The van der Waals surface area contributed by atoms with E-state index in [2.05, 4.69) is 50.6 Å². The van der Waals surface area contributed by atoms with Crippen molar-refractivity contribution >= 4 is 50.4 Å². The van der Waals surface area contributed by atoms with E-state index < -0.39 is 0 Å². The van der Waals surface area contributed by atoms with Crippen LogP contribution in [0.4, 0.5) is 10.2 Å². The lowest BCUT2D eigenvalue weighted by molar-refractivity contribution is 0.637. The minimum atomic E-state index is -0.208. The van der Waals surface area contributed by atoms with Crippen LogP contribution in [0.5, 0.6) is 0 Å². The van der Waals surface area contributed by atoms with Gasteiger partial charge in [0.25, 0.3) is 0 Å². The summed E-state index contributed by atoms with van der Waals surface area (Å²) in [6.07, 6.45) is 6.58. The Hall–Kier alpha value is -3.51. The van der Waals surface area contributed by atoms with Gasteiger partial charge in [-0.15, -0.1) is 11.3 Å². The molecule has 2 N–H and O–H groups in total. The molecular weight excluding hydrogens is 419 g/mol. The number of aromatic amines is 1. The van der Waals surface area contributed by atoms with E-state index in [9.17, 15) is 4.39 Å². The van der Waals surface area contributed by atoms with E-state index in [1.54, 1.807) is 17.7 Å². The number of thiophene rings is 1. The van der Waals surface area contributed by atoms with Crippen molar-refractivity contribution in [2.75, 3.05) is 11.9 Å². The topological polar surface area (TPSA) is 53.6 Å². The fourth-order valence-electron chi connectivity index (χ4n) is 4.08. The fourth-order valence-corrected chi connectivity index (χ4v) is 5.06. The van der Waals surface area contributed by atoms with Gasteiger partial charge in [0.15, 0.2) is 0 Å². The Morgan fingerprint density at radius 2 is 1.91 bits per heavy atom. The molecule has 6 heteroatoms. The van der Waals surface area contributed by atoms with Crippen LogP contribution in [-0.4, -0.2) is 21.5 Å². The van der Waals surface area contributed by atoms with Crippen molar-refractivity contribution in [2.24, 2.45) is 0 Å². The van der Waals surface area contributed by atoms with Gasteiger partial charge in [-0.1, -0.05) is 42.5 Å². The van der Waals surface area contributed by atoms with E-state index >= 15 is 0 Å². The quantitative estimate of drug-likeness (QED) is 0.306. The second kappa shape index (κ2) is 8.55. The van der Waals surface area contributed by atoms with E-state index in [1.807, 2.05) is 38.1 Å². The molecule has 0 fully saturated rings. The first-order chi connectivity index (χ1) is 15.6. The molecule has 0 aliphatic carbocycles. The third-order valence-corrected chi connectivity index (χ3v) is 6.76. The standard InChI is InChI=1S/C26H23FN4S/c1-16-8-11-21(27)24-23(16)20(17(2)31-24)12-13-28-26-25-22(29-15-30-26)14-19(32-25)10-9-18-6-4-3-5-7-18/h3-11,14-15,31H,12-13H2,1-2H3,(H,28,29,30)/b10-9+. The zero-order valence-corrected chi connectivity index (χ0v) is 18.8. The first-order valence-electron chi connectivity index (χ1n) is 10.6. The number of hydrogen-bond donors (Lipinski definition) is 2. The maximum Gasteiger partial charge on any atom is 0.147 e. The highest BCUT2D eigenvalue weighted by molar-refractivity contribution is 7.20. The van der Waals surface area contributed by atoms with Crippen LogP contribution in [0.3, 0.4) is 0 Å². The van der Waals surface area contributed by atoms with Crippen LogP contribution < -0.4 is 5.32 Å². The molecule has 0 saturated heterocycles. The van der Waals surface area contributed by atoms with Crippen LogP contribution in [0.1, 0.15) is 27.3 Å². The molecule has 0 spiro atoms. The van der Waals surface area contributed by atoms with Gasteiger partial charge in [-0.05, 0) is 55.2 Å². The summed E-state index contributed by atoms with van der Waals surface area (Å²) in [5.74, 6) is 0.625. The van der Waals surface area contributed by atoms with E-state index in [0.717, 1.165) is 55.1 Å². The van der Waals surface area contributed by atoms with Gasteiger partial charge in [-0.3, -0.25) is 0 Å². The molecular formula is C26H23FN4S. The number of rotatable bonds is 6. The molecule has 0 bridgehead atoms. The minimum Gasteiger partial charge on any atom is -0.368 e. The van der Waals surface area contributed by atoms with Gasteiger partial charge in [0.1, 0.15) is 18.0 Å². The van der Waals surface area contributed by atoms with Gasteiger partial charge in [-0.25, -0.2) is 14.4 Å². The summed E-state index contributed by atoms with van der Waals surface area (Å²) in [5, 5.41) is 4.45. The lowest BCUT2D eigenvalue weighted by atomic mass is 10.0. The Morgan fingerprint density at radius 1 is 1.06 bits per heavy atom. The number of halogens is 1. The number of hydrogen-bond acceptors (Lipinski definition) is 4. The summed E-state index contributed by atoms with van der Waals surface area (Å²) >= 11 is 1.67. The molecule has 0 aliphatic heterocycles. The maximum absolute atomic E-state index is 14.2. The second-order valence-corrected chi connectivity index (χ2v) is 8.93. The highest BCUT2D eigenvalue weighted by Gasteiger charge is 2.14. The molecule has 0 radical (unpaired) electrons. The molecule has 5 aromatic rings. The van der Waals surface area contributed by atoms with Crippen LogP contribution in [0.25, 0.3) is 33.3 Å². The van der Waals surface area contributed by atoms with Crippen molar-refractivity contribution in [3.63, 3.8) is 0 Å². The van der Waals surface area contributed by atoms with Gasteiger partial charge in [0.05, 0.1) is 15.7 Å². The second-order valence-electron chi connectivity index (χ2n) is 7.85. The van der Waals surface area contributed by atoms with Crippen LogP contribution >= 0.6 is 11.3 Å². The molecule has 3 heterocycles. The van der Waals surface area contributed by atoms with Crippen LogP contribution in [0.15, 0.2) is 54.9 Å². The van der Waals surface area contributed by atoms with Crippen molar-refractivity contribution in [3.8, 4) is 0 Å². The number of benzene rings is 2. The van der Waals surface area contributed by atoms with Crippen molar-refractivity contribution in [3.05, 3.63) is 87.9 Å². The molecule has 0 atom stereocenters. The zero-order chi connectivity index (χ0) is 22.1. The van der Waals surface area contributed by atoms with Gasteiger partial charge in [0.2, 0.25) is 0 Å². The normalized spacial score (nSPS) is 11.7. The van der Waals surface area contributed by atoms with E-state index in [0.29, 0.717) is 12.1 Å². The highest BCUT2D eigenvalue weighted by atomic mass is 32.1. The number of fused-ring (bicyclic) bond motifs is 2. The molecule has 32 heavy (non-hydrogen) atoms. The molecule has 5 rings (SSSR count). The molecule has 0 saturated carbocycles. The lowest BCUT2D eigenvalue weighted by Crippen LogP contribution is -2.07. The zero-order valence-electron chi connectivity index (χ0n) is 17.9. The molecule has 0 aliphatic rings. The number of anilines is 1. The first-order valence-corrected chi connectivity index (χ1v) is 11.4. The number of nitrogens with one attached hydrogen (secondary N) is 2. The van der Waals surface area contributed by atoms with Crippen LogP contribution in [0.2, 0.25) is 0 Å². The number of H-pyrrole nitrogens is 1. The average Bonchev–Trinajstić information content (AvgIpc) is 3.38. The number of aromatic nitrogens is 3. The van der Waals surface area contributed by atoms with Crippen molar-refractivity contribution in [2.45, 2.75) is 20.3 Å². The average molecular weight is 443 g/mol. The fraction of sp³-hybridized carbons (Fsp3) is 0.154. The maximum atomic E-state index is 14.2. The Labute approximate surface area is 189 Å². The van der Waals surface area contributed by atoms with Crippen LogP contribution in [-0.2, 0) is 6.42 Å². The van der Waals surface area contributed by atoms with Crippen molar-refractivity contribution in [1.29, 1.82) is 0 Å². The highest BCUT2D eigenvalue weighted by Crippen LogP contribution is 2.31. The van der Waals surface area contributed by atoms with Gasteiger partial charge in [-0.2, -0.15) is 0 Å². The summed E-state index contributed by atoms with van der Waals surface area (Å²) in [5.41, 5.74) is 5.92. The smallest absolute Gasteiger partial charge is 0.147 e. The third kappa shape index (κ3) is 3.89. The SMILES string of the molecule is Cc1[nH]c2c(F)ccc(C)c2c1CCNc1ncnc2cc(/C=C/c3ccccc3)sc12. The van der Waals surface area contributed by atoms with Crippen molar-refractivity contribution in [1.82, 2.24) is 15.0 Å². The van der Waals surface area contributed by atoms with Gasteiger partial charge >= 0.3 is 0 Å².